The van der Waals surface area contributed by atoms with Gasteiger partial charge in [-0.1, -0.05) is 6.07 Å². The maximum absolute atomic E-state index is 11.5. The zero-order valence-corrected chi connectivity index (χ0v) is 14.0. The summed E-state index contributed by atoms with van der Waals surface area (Å²) in [4.78, 5) is 11.5. The van der Waals surface area contributed by atoms with Gasteiger partial charge in [0.2, 0.25) is 0 Å². The molecule has 0 saturated carbocycles. The first kappa shape index (κ1) is 17.0. The van der Waals surface area contributed by atoms with Gasteiger partial charge in [-0.2, -0.15) is 0 Å². The highest BCUT2D eigenvalue weighted by Crippen LogP contribution is 2.36. The van der Waals surface area contributed by atoms with Gasteiger partial charge in [-0.25, -0.2) is 4.79 Å². The van der Waals surface area contributed by atoms with Crippen molar-refractivity contribution in [3.05, 3.63) is 47.5 Å². The molecule has 25 heavy (non-hydrogen) atoms. The molecule has 1 heterocycles. The fourth-order valence-corrected chi connectivity index (χ4v) is 2.57. The number of hydrogen-bond donors (Lipinski definition) is 1. The maximum atomic E-state index is 11.5. The number of phenolic OH excluding ortho intramolecular Hbond substituents is 1. The lowest BCUT2D eigenvalue weighted by Gasteiger charge is -2.11. The molecule has 3 rings (SSSR count). The molecule has 6 nitrogen and oxygen atoms in total. The van der Waals surface area contributed by atoms with Crippen LogP contribution in [0, 0.1) is 0 Å². The minimum absolute atomic E-state index is 0.121. The maximum Gasteiger partial charge on any atom is 0.337 e. The van der Waals surface area contributed by atoms with E-state index in [1.165, 1.54) is 7.11 Å². The minimum atomic E-state index is -0.400. The molecule has 1 N–H and O–H groups in total. The highest BCUT2D eigenvalue weighted by atomic mass is 16.5. The lowest BCUT2D eigenvalue weighted by atomic mass is 10.1. The molecule has 0 radical (unpaired) electrons. The van der Waals surface area contributed by atoms with Crippen LogP contribution in [-0.2, 0) is 11.2 Å². The molecule has 1 aliphatic rings. The van der Waals surface area contributed by atoms with Gasteiger partial charge in [-0.15, -0.1) is 0 Å². The lowest BCUT2D eigenvalue weighted by molar-refractivity contribution is 0.0600. The molecule has 0 aliphatic carbocycles. The molecule has 2 aromatic carbocycles. The number of methoxy groups -OCH3 is 1. The Morgan fingerprint density at radius 2 is 2.04 bits per heavy atom. The van der Waals surface area contributed by atoms with Gasteiger partial charge >= 0.3 is 5.97 Å². The zero-order valence-electron chi connectivity index (χ0n) is 14.0. The van der Waals surface area contributed by atoms with E-state index in [1.807, 2.05) is 0 Å². The van der Waals surface area contributed by atoms with E-state index in [0.29, 0.717) is 43.3 Å². The van der Waals surface area contributed by atoms with Crippen molar-refractivity contribution in [3.63, 3.8) is 0 Å². The summed E-state index contributed by atoms with van der Waals surface area (Å²) in [6, 6.07) is 10.2. The van der Waals surface area contributed by atoms with Gasteiger partial charge in [-0.3, -0.25) is 0 Å². The first-order valence-corrected chi connectivity index (χ1v) is 8.10. The van der Waals surface area contributed by atoms with Gasteiger partial charge < -0.3 is 24.1 Å². The Labute approximate surface area is 145 Å². The number of rotatable bonds is 7. The Hall–Kier alpha value is -2.89. The largest absolute Gasteiger partial charge is 0.504 e. The monoisotopic (exact) mass is 344 g/mol. The van der Waals surface area contributed by atoms with E-state index in [9.17, 15) is 9.90 Å². The van der Waals surface area contributed by atoms with E-state index in [2.05, 4.69) is 4.74 Å². The van der Waals surface area contributed by atoms with Crippen LogP contribution in [0.4, 0.5) is 0 Å². The van der Waals surface area contributed by atoms with Crippen molar-refractivity contribution >= 4 is 5.97 Å². The number of carbonyl (C=O) groups is 1. The van der Waals surface area contributed by atoms with E-state index in [1.54, 1.807) is 36.4 Å². The summed E-state index contributed by atoms with van der Waals surface area (Å²) in [5, 5.41) is 9.96. The SMILES string of the molecule is COC(=O)c1cccc(OCCCOc2cc3c(cc2O)CCO3)c1. The van der Waals surface area contributed by atoms with Crippen LogP contribution in [0.2, 0.25) is 0 Å². The third kappa shape index (κ3) is 4.15. The third-order valence-electron chi connectivity index (χ3n) is 3.84. The summed E-state index contributed by atoms with van der Waals surface area (Å²) in [5.41, 5.74) is 1.44. The number of fused-ring (bicyclic) bond motifs is 1. The van der Waals surface area contributed by atoms with Crippen LogP contribution in [0.3, 0.4) is 0 Å². The summed E-state index contributed by atoms with van der Waals surface area (Å²) < 4.78 is 21.3. The second kappa shape index (κ2) is 7.79. The van der Waals surface area contributed by atoms with Crippen molar-refractivity contribution in [2.45, 2.75) is 12.8 Å². The summed E-state index contributed by atoms with van der Waals surface area (Å²) in [7, 11) is 1.34. The molecule has 0 saturated heterocycles. The highest BCUT2D eigenvalue weighted by molar-refractivity contribution is 5.89. The number of benzene rings is 2. The topological polar surface area (TPSA) is 74.2 Å². The molecule has 6 heteroatoms. The fraction of sp³-hybridized carbons (Fsp3) is 0.316. The van der Waals surface area contributed by atoms with Crippen molar-refractivity contribution in [2.24, 2.45) is 0 Å². The van der Waals surface area contributed by atoms with Gasteiger partial charge in [0.15, 0.2) is 11.5 Å². The van der Waals surface area contributed by atoms with E-state index in [4.69, 9.17) is 14.2 Å². The molecular formula is C19H20O6. The van der Waals surface area contributed by atoms with Crippen LogP contribution in [0.1, 0.15) is 22.3 Å². The molecular weight excluding hydrogens is 324 g/mol. The van der Waals surface area contributed by atoms with E-state index >= 15 is 0 Å². The Morgan fingerprint density at radius 3 is 2.88 bits per heavy atom. The second-order valence-corrected chi connectivity index (χ2v) is 5.60. The van der Waals surface area contributed by atoms with Gasteiger partial charge in [0.25, 0.3) is 0 Å². The smallest absolute Gasteiger partial charge is 0.337 e. The van der Waals surface area contributed by atoms with Crippen LogP contribution in [0.25, 0.3) is 0 Å². The van der Waals surface area contributed by atoms with Gasteiger partial charge in [0.05, 0.1) is 32.5 Å². The predicted molar refractivity (Wildman–Crippen MR) is 90.7 cm³/mol. The average molecular weight is 344 g/mol. The second-order valence-electron chi connectivity index (χ2n) is 5.60. The van der Waals surface area contributed by atoms with Crippen molar-refractivity contribution < 1.29 is 28.8 Å². The quantitative estimate of drug-likeness (QED) is 0.615. The van der Waals surface area contributed by atoms with Gasteiger partial charge in [0.1, 0.15) is 11.5 Å². The van der Waals surface area contributed by atoms with Crippen molar-refractivity contribution in [2.75, 3.05) is 26.9 Å². The fourth-order valence-electron chi connectivity index (χ4n) is 2.57. The van der Waals surface area contributed by atoms with Crippen LogP contribution in [-0.4, -0.2) is 38.0 Å². The molecule has 0 amide bonds. The summed E-state index contributed by atoms with van der Waals surface area (Å²) in [6.45, 7) is 1.45. The number of ether oxygens (including phenoxy) is 4. The molecule has 2 aromatic rings. The van der Waals surface area contributed by atoms with Crippen molar-refractivity contribution in [3.8, 4) is 23.0 Å². The third-order valence-corrected chi connectivity index (χ3v) is 3.84. The van der Waals surface area contributed by atoms with Crippen LogP contribution in [0.5, 0.6) is 23.0 Å². The average Bonchev–Trinajstić information content (AvgIpc) is 3.08. The van der Waals surface area contributed by atoms with Crippen LogP contribution < -0.4 is 14.2 Å². The lowest BCUT2D eigenvalue weighted by Crippen LogP contribution is -2.06. The number of carbonyl (C=O) groups excluding carboxylic acids is 1. The normalized spacial score (nSPS) is 12.2. The standard InChI is InChI=1S/C19H20O6/c1-22-19(21)14-4-2-5-15(10-14)23-7-3-8-24-18-12-17-13(6-9-25-17)11-16(18)20/h2,4-5,10-12,20H,3,6-9H2,1H3. The van der Waals surface area contributed by atoms with Crippen LogP contribution >= 0.6 is 0 Å². The van der Waals surface area contributed by atoms with E-state index in [-0.39, 0.29) is 5.75 Å². The molecule has 0 aromatic heterocycles. The zero-order chi connectivity index (χ0) is 17.6. The predicted octanol–water partition coefficient (Wildman–Crippen LogP) is 2.96. The molecule has 1 aliphatic heterocycles. The van der Waals surface area contributed by atoms with Gasteiger partial charge in [-0.05, 0) is 24.3 Å². The molecule has 0 atom stereocenters. The summed E-state index contributed by atoms with van der Waals surface area (Å²) >= 11 is 0. The Morgan fingerprint density at radius 1 is 1.20 bits per heavy atom. The van der Waals surface area contributed by atoms with E-state index < -0.39 is 5.97 Å². The molecule has 0 fully saturated rings. The Bertz CT molecular complexity index is 756. The minimum Gasteiger partial charge on any atom is -0.504 e. The van der Waals surface area contributed by atoms with Gasteiger partial charge in [0, 0.05) is 24.5 Å². The number of phenols is 1. The molecule has 0 bridgehead atoms. The molecule has 0 spiro atoms. The number of esters is 1. The van der Waals surface area contributed by atoms with Crippen LogP contribution in [0.15, 0.2) is 36.4 Å². The highest BCUT2D eigenvalue weighted by Gasteiger charge is 2.16. The van der Waals surface area contributed by atoms with Crippen molar-refractivity contribution in [1.82, 2.24) is 0 Å². The summed E-state index contributed by atoms with van der Waals surface area (Å²) in [6.07, 6.45) is 1.43. The first-order valence-electron chi connectivity index (χ1n) is 8.10. The summed E-state index contributed by atoms with van der Waals surface area (Å²) in [5.74, 6) is 1.49. The van der Waals surface area contributed by atoms with E-state index in [0.717, 1.165) is 17.7 Å². The Balaban J connectivity index is 1.46. The number of aromatic hydroxyl groups is 1. The molecule has 0 unspecified atom stereocenters. The number of hydrogen-bond acceptors (Lipinski definition) is 6. The molecule has 132 valence electrons. The Kier molecular flexibility index (Phi) is 5.28. The van der Waals surface area contributed by atoms with Crippen molar-refractivity contribution in [1.29, 1.82) is 0 Å². The first-order chi connectivity index (χ1) is 12.2.